The fraction of sp³-hybridized carbons (Fsp3) is 0.321. The van der Waals surface area contributed by atoms with Gasteiger partial charge in [-0.1, -0.05) is 11.2 Å². The van der Waals surface area contributed by atoms with Gasteiger partial charge in [-0.25, -0.2) is 9.37 Å². The molecule has 1 saturated carbocycles. The van der Waals surface area contributed by atoms with E-state index in [-0.39, 0.29) is 11.2 Å². The van der Waals surface area contributed by atoms with Gasteiger partial charge in [-0.15, -0.1) is 0 Å². The highest BCUT2D eigenvalue weighted by atomic mass is 19.1. The summed E-state index contributed by atoms with van der Waals surface area (Å²) in [5.74, 6) is 1.05. The van der Waals surface area contributed by atoms with Gasteiger partial charge in [-0.2, -0.15) is 0 Å². The average Bonchev–Trinajstić information content (AvgIpc) is 3.29. The highest BCUT2D eigenvalue weighted by molar-refractivity contribution is 6.05. The number of imidazole rings is 1. The van der Waals surface area contributed by atoms with E-state index in [0.29, 0.717) is 24.6 Å². The van der Waals surface area contributed by atoms with E-state index in [1.807, 2.05) is 47.7 Å². The van der Waals surface area contributed by atoms with E-state index in [1.165, 1.54) is 12.1 Å². The van der Waals surface area contributed by atoms with Crippen LogP contribution in [0.1, 0.15) is 43.0 Å². The molecule has 2 fully saturated rings. The molecular formula is C28H27FN4O3. The Morgan fingerprint density at radius 3 is 2.67 bits per heavy atom. The van der Waals surface area contributed by atoms with Crippen LogP contribution in [-0.4, -0.2) is 39.7 Å². The maximum absolute atomic E-state index is 13.6. The van der Waals surface area contributed by atoms with Gasteiger partial charge >= 0.3 is 0 Å². The summed E-state index contributed by atoms with van der Waals surface area (Å²) < 4.78 is 21.5. The number of fused-ring (bicyclic) bond motifs is 1. The maximum atomic E-state index is 13.6. The summed E-state index contributed by atoms with van der Waals surface area (Å²) in [4.78, 5) is 24.6. The minimum absolute atomic E-state index is 0.0872. The third kappa shape index (κ3) is 3.68. The summed E-state index contributed by atoms with van der Waals surface area (Å²) in [5.41, 5.74) is 3.09. The van der Waals surface area contributed by atoms with Gasteiger partial charge in [-0.05, 0) is 92.1 Å². The zero-order valence-electron chi connectivity index (χ0n) is 20.3. The molecule has 1 aliphatic carbocycles. The Morgan fingerprint density at radius 2 is 2.00 bits per heavy atom. The number of halogens is 1. The summed E-state index contributed by atoms with van der Waals surface area (Å²) in [7, 11) is 0. The first-order valence-corrected chi connectivity index (χ1v) is 12.2. The van der Waals surface area contributed by atoms with Crippen molar-refractivity contribution in [2.75, 3.05) is 13.2 Å². The van der Waals surface area contributed by atoms with Crippen molar-refractivity contribution >= 4 is 18.2 Å². The summed E-state index contributed by atoms with van der Waals surface area (Å²) >= 11 is 0. The van der Waals surface area contributed by atoms with Gasteiger partial charge < -0.3 is 19.0 Å². The van der Waals surface area contributed by atoms with E-state index < -0.39 is 5.72 Å². The van der Waals surface area contributed by atoms with E-state index in [2.05, 4.69) is 16.2 Å². The standard InChI is InChI=1S/C28H27FN4O3/c1-3-35-25-13-20(4-9-24(25)32-15-19(2)30-18-32)12-21-14-27(10-11-27)16-33-26(21)31-36-28(33,17-34)22-5-7-23(29)8-6-22/h4-9,12-13,15,17-18H,3,10-11,14,16H2,1-2H3/b21-12+. The number of hydrogen-bond acceptors (Lipinski definition) is 6. The van der Waals surface area contributed by atoms with Gasteiger partial charge in [0, 0.05) is 18.3 Å². The normalized spacial score (nSPS) is 22.8. The fourth-order valence-electron chi connectivity index (χ4n) is 5.20. The molecule has 0 amide bonds. The number of aryl methyl sites for hydroxylation is 1. The second-order valence-electron chi connectivity index (χ2n) is 9.84. The summed E-state index contributed by atoms with van der Waals surface area (Å²) in [6.07, 6.45) is 9.63. The smallest absolute Gasteiger partial charge is 0.293 e. The Labute approximate surface area is 208 Å². The number of carbonyl (C=O) groups excluding carboxylic acids is 1. The number of hydrogen-bond donors (Lipinski definition) is 0. The van der Waals surface area contributed by atoms with Crippen molar-refractivity contribution in [3.63, 3.8) is 0 Å². The molecule has 7 nitrogen and oxygen atoms in total. The fourth-order valence-corrected chi connectivity index (χ4v) is 5.20. The topological polar surface area (TPSA) is 69.0 Å². The molecule has 6 rings (SSSR count). The Kier molecular flexibility index (Phi) is 5.21. The molecule has 3 aliphatic rings. The Balaban J connectivity index is 1.38. The predicted molar refractivity (Wildman–Crippen MR) is 133 cm³/mol. The first-order valence-electron chi connectivity index (χ1n) is 12.2. The van der Waals surface area contributed by atoms with Crippen LogP contribution in [0.15, 0.2) is 65.7 Å². The molecule has 1 aromatic heterocycles. The largest absolute Gasteiger partial charge is 0.492 e. The van der Waals surface area contributed by atoms with Crippen LogP contribution in [0.25, 0.3) is 11.8 Å². The third-order valence-electron chi connectivity index (χ3n) is 7.26. The molecule has 2 aliphatic heterocycles. The molecule has 0 N–H and O–H groups in total. The minimum atomic E-state index is -1.39. The average molecular weight is 487 g/mol. The van der Waals surface area contributed by atoms with Gasteiger partial charge in [0.25, 0.3) is 5.72 Å². The molecule has 1 atom stereocenters. The molecule has 1 saturated heterocycles. The second-order valence-corrected chi connectivity index (χ2v) is 9.84. The predicted octanol–water partition coefficient (Wildman–Crippen LogP) is 4.98. The molecule has 36 heavy (non-hydrogen) atoms. The van der Waals surface area contributed by atoms with Crippen LogP contribution in [0.5, 0.6) is 5.75 Å². The lowest BCUT2D eigenvalue weighted by atomic mass is 9.86. The lowest BCUT2D eigenvalue weighted by Crippen LogP contribution is -2.52. The quantitative estimate of drug-likeness (QED) is 0.460. The second kappa shape index (κ2) is 8.33. The first-order chi connectivity index (χ1) is 17.4. The Morgan fingerprint density at radius 1 is 1.19 bits per heavy atom. The van der Waals surface area contributed by atoms with Crippen LogP contribution in [0, 0.1) is 18.2 Å². The van der Waals surface area contributed by atoms with E-state index in [9.17, 15) is 9.18 Å². The molecule has 8 heteroatoms. The van der Waals surface area contributed by atoms with Gasteiger partial charge in [0.05, 0.1) is 24.3 Å². The van der Waals surface area contributed by atoms with Crippen LogP contribution >= 0.6 is 0 Å². The van der Waals surface area contributed by atoms with Crippen molar-refractivity contribution in [1.82, 2.24) is 14.5 Å². The van der Waals surface area contributed by atoms with Crippen LogP contribution in [-0.2, 0) is 15.4 Å². The lowest BCUT2D eigenvalue weighted by Gasteiger charge is -2.40. The van der Waals surface area contributed by atoms with Crippen molar-refractivity contribution in [3.8, 4) is 11.4 Å². The zero-order chi connectivity index (χ0) is 24.9. The van der Waals surface area contributed by atoms with E-state index in [0.717, 1.165) is 53.8 Å². The van der Waals surface area contributed by atoms with Crippen LogP contribution in [0.2, 0.25) is 0 Å². The Hall–Kier alpha value is -3.94. The van der Waals surface area contributed by atoms with Crippen molar-refractivity contribution in [2.45, 2.75) is 38.8 Å². The summed E-state index contributed by atoms with van der Waals surface area (Å²) in [6, 6.07) is 11.9. The number of rotatable bonds is 6. The molecule has 3 heterocycles. The third-order valence-corrected chi connectivity index (χ3v) is 7.26. The van der Waals surface area contributed by atoms with E-state index >= 15 is 0 Å². The van der Waals surface area contributed by atoms with Crippen molar-refractivity contribution in [2.24, 2.45) is 10.6 Å². The molecule has 1 spiro atoms. The number of aldehydes is 1. The van der Waals surface area contributed by atoms with E-state index in [1.54, 1.807) is 18.5 Å². The van der Waals surface area contributed by atoms with Crippen molar-refractivity contribution < 1.29 is 18.8 Å². The molecular weight excluding hydrogens is 459 g/mol. The van der Waals surface area contributed by atoms with Gasteiger partial charge in [0.1, 0.15) is 11.6 Å². The molecule has 0 bridgehead atoms. The monoisotopic (exact) mass is 486 g/mol. The number of piperidine rings is 1. The highest BCUT2D eigenvalue weighted by Crippen LogP contribution is 2.57. The highest BCUT2D eigenvalue weighted by Gasteiger charge is 2.58. The lowest BCUT2D eigenvalue weighted by molar-refractivity contribution is -0.148. The van der Waals surface area contributed by atoms with Gasteiger partial charge in [0.2, 0.25) is 0 Å². The number of carbonyl (C=O) groups is 1. The summed E-state index contributed by atoms with van der Waals surface area (Å²) in [5, 5.41) is 4.38. The van der Waals surface area contributed by atoms with Crippen LogP contribution in [0.4, 0.5) is 4.39 Å². The molecule has 0 radical (unpaired) electrons. The van der Waals surface area contributed by atoms with Crippen molar-refractivity contribution in [3.05, 3.63) is 83.2 Å². The number of amidine groups is 1. The SMILES string of the molecule is CCOc1cc(/C=C2\CC3(CC3)CN3C2=NOC3(C=O)c2ccc(F)cc2)ccc1-n1cnc(C)c1. The number of aromatic nitrogens is 2. The molecule has 2 aromatic carbocycles. The van der Waals surface area contributed by atoms with Gasteiger partial charge in [-0.3, -0.25) is 4.79 Å². The molecule has 3 aromatic rings. The Bertz CT molecular complexity index is 1390. The first kappa shape index (κ1) is 22.5. The van der Waals surface area contributed by atoms with E-state index in [4.69, 9.17) is 9.57 Å². The number of oxime groups is 1. The summed E-state index contributed by atoms with van der Waals surface area (Å²) in [6.45, 7) is 5.12. The maximum Gasteiger partial charge on any atom is 0.293 e. The molecule has 1 unspecified atom stereocenters. The zero-order valence-corrected chi connectivity index (χ0v) is 20.3. The van der Waals surface area contributed by atoms with Crippen LogP contribution in [0.3, 0.4) is 0 Å². The number of ether oxygens (including phenoxy) is 1. The number of nitrogens with zero attached hydrogens (tertiary/aromatic N) is 4. The number of benzene rings is 2. The van der Waals surface area contributed by atoms with Crippen molar-refractivity contribution in [1.29, 1.82) is 0 Å². The van der Waals surface area contributed by atoms with Crippen LogP contribution < -0.4 is 4.74 Å². The minimum Gasteiger partial charge on any atom is -0.492 e. The molecule has 184 valence electrons. The van der Waals surface area contributed by atoms with Gasteiger partial charge in [0.15, 0.2) is 12.1 Å².